The van der Waals surface area contributed by atoms with Crippen LogP contribution in [0.2, 0.25) is 0 Å². The monoisotopic (exact) mass is 309 g/mol. The van der Waals surface area contributed by atoms with Gasteiger partial charge in [-0.25, -0.2) is 0 Å². The summed E-state index contributed by atoms with van der Waals surface area (Å²) in [6.07, 6.45) is 0. The van der Waals surface area contributed by atoms with Crippen LogP contribution in [-0.2, 0) is 0 Å². The number of rotatable bonds is 0. The molecule has 0 saturated carbocycles. The van der Waals surface area contributed by atoms with Gasteiger partial charge in [-0.1, -0.05) is 11.3 Å². The molecule has 3 heteroatoms. The van der Waals surface area contributed by atoms with E-state index in [-0.39, 0.29) is 0 Å². The normalized spacial score (nSPS) is 9.67. The minimum Gasteiger partial charge on any atom is -0.0662 e. The second-order valence-corrected chi connectivity index (χ2v) is 4.22. The van der Waals surface area contributed by atoms with Gasteiger partial charge in [-0.05, 0) is 50.7 Å². The number of hydrogen-bond donors (Lipinski definition) is 0. The highest BCUT2D eigenvalue weighted by Gasteiger charge is 1.92. The topological polar surface area (TPSA) is 0 Å². The van der Waals surface area contributed by atoms with Crippen LogP contribution < -0.4 is 5.19 Å². The fourth-order valence-corrected chi connectivity index (χ4v) is 1.65. The van der Waals surface area contributed by atoms with Crippen molar-refractivity contribution in [2.45, 2.75) is 0 Å². The highest BCUT2D eigenvalue weighted by atomic mass is 127. The molecule has 0 aliphatic carbocycles. The summed E-state index contributed by atoms with van der Waals surface area (Å²) >= 11 is 5.68. The van der Waals surface area contributed by atoms with E-state index in [1.807, 2.05) is 18.2 Å². The first-order valence-corrected chi connectivity index (χ1v) is 4.74. The highest BCUT2D eigenvalue weighted by Crippen LogP contribution is 2.15. The molecule has 9 heavy (non-hydrogen) atoms. The Morgan fingerprint density at radius 2 is 2.11 bits per heavy atom. The summed E-state index contributed by atoms with van der Waals surface area (Å²) < 4.78 is 2.37. The van der Waals surface area contributed by atoms with Gasteiger partial charge in [0.15, 0.2) is 0 Å². The van der Waals surface area contributed by atoms with Crippen LogP contribution in [0.5, 0.6) is 0 Å². The standard InChI is InChI=1S/C6H3BrISi/c7-5-3-4(9)1-2-6(5)8/h1-3H. The molecule has 0 saturated heterocycles. The third-order valence-electron chi connectivity index (χ3n) is 0.920. The van der Waals surface area contributed by atoms with E-state index in [1.165, 1.54) is 3.57 Å². The highest BCUT2D eigenvalue weighted by molar-refractivity contribution is 14.1. The van der Waals surface area contributed by atoms with Crippen molar-refractivity contribution in [3.63, 3.8) is 0 Å². The summed E-state index contributed by atoms with van der Waals surface area (Å²) in [5.74, 6) is 0. The van der Waals surface area contributed by atoms with Gasteiger partial charge in [0.2, 0.25) is 0 Å². The van der Waals surface area contributed by atoms with Crippen LogP contribution in [0.1, 0.15) is 0 Å². The van der Waals surface area contributed by atoms with Crippen molar-refractivity contribution in [1.82, 2.24) is 0 Å². The molecule has 0 amide bonds. The molecule has 0 aliphatic heterocycles. The van der Waals surface area contributed by atoms with E-state index in [4.69, 9.17) is 0 Å². The van der Waals surface area contributed by atoms with Crippen LogP contribution in [0.3, 0.4) is 0 Å². The summed E-state index contributed by atoms with van der Waals surface area (Å²) in [6, 6.07) is 6.09. The maximum Gasteiger partial charge on any atom is 0.0712 e. The van der Waals surface area contributed by atoms with E-state index in [9.17, 15) is 0 Å². The van der Waals surface area contributed by atoms with Gasteiger partial charge >= 0.3 is 0 Å². The van der Waals surface area contributed by atoms with Crippen molar-refractivity contribution < 1.29 is 0 Å². The third-order valence-corrected chi connectivity index (χ3v) is 3.57. The summed E-state index contributed by atoms with van der Waals surface area (Å²) in [7, 11) is 3.41. The maximum atomic E-state index is 3.41. The first-order valence-electron chi connectivity index (χ1n) is 2.37. The van der Waals surface area contributed by atoms with E-state index >= 15 is 0 Å². The van der Waals surface area contributed by atoms with E-state index in [2.05, 4.69) is 48.8 Å². The van der Waals surface area contributed by atoms with Crippen molar-refractivity contribution in [1.29, 1.82) is 0 Å². The molecule has 0 heterocycles. The van der Waals surface area contributed by atoms with Crippen molar-refractivity contribution in [2.24, 2.45) is 0 Å². The van der Waals surface area contributed by atoms with Gasteiger partial charge < -0.3 is 0 Å². The average Bonchev–Trinajstić information content (AvgIpc) is 1.80. The van der Waals surface area contributed by atoms with Gasteiger partial charge in [-0.2, -0.15) is 0 Å². The van der Waals surface area contributed by atoms with Crippen molar-refractivity contribution >= 4 is 54.0 Å². The minimum absolute atomic E-state index is 1.10. The molecule has 0 nitrogen and oxygen atoms in total. The van der Waals surface area contributed by atoms with Crippen LogP contribution >= 0.6 is 38.5 Å². The zero-order valence-corrected chi connectivity index (χ0v) is 9.23. The Kier molecular flexibility index (Phi) is 2.72. The molecule has 1 aromatic carbocycles. The Bertz CT molecular complexity index is 224. The zero-order valence-electron chi connectivity index (χ0n) is 4.49. The fourth-order valence-electron chi connectivity index (χ4n) is 0.496. The molecule has 0 spiro atoms. The van der Waals surface area contributed by atoms with Gasteiger partial charge in [0.05, 0.1) is 10.2 Å². The summed E-state index contributed by atoms with van der Waals surface area (Å²) in [5.41, 5.74) is 0. The Labute approximate surface area is 79.7 Å². The van der Waals surface area contributed by atoms with E-state index in [0.717, 1.165) is 9.66 Å². The second kappa shape index (κ2) is 3.16. The number of hydrogen-bond acceptors (Lipinski definition) is 0. The molecule has 0 unspecified atom stereocenters. The molecule has 0 aliphatic rings. The van der Waals surface area contributed by atoms with Crippen LogP contribution in [0.4, 0.5) is 0 Å². The van der Waals surface area contributed by atoms with Gasteiger partial charge in [-0.3, -0.25) is 0 Å². The second-order valence-electron chi connectivity index (χ2n) is 1.63. The zero-order chi connectivity index (χ0) is 6.85. The molecule has 1 rings (SSSR count). The Hall–Kier alpha value is 0.647. The number of halogens is 2. The van der Waals surface area contributed by atoms with Crippen LogP contribution in [0.25, 0.3) is 0 Å². The summed E-state index contributed by atoms with van der Waals surface area (Å²) in [4.78, 5) is 0. The van der Waals surface area contributed by atoms with Gasteiger partial charge in [0, 0.05) is 8.04 Å². The quantitative estimate of drug-likeness (QED) is 0.507. The molecule has 0 atom stereocenters. The minimum atomic E-state index is 1.10. The van der Waals surface area contributed by atoms with Gasteiger partial charge in [0.25, 0.3) is 0 Å². The van der Waals surface area contributed by atoms with Gasteiger partial charge in [0.1, 0.15) is 0 Å². The predicted octanol–water partition coefficient (Wildman–Crippen LogP) is 1.85. The number of benzene rings is 1. The smallest absolute Gasteiger partial charge is 0.0662 e. The first kappa shape index (κ1) is 7.75. The Morgan fingerprint density at radius 1 is 1.44 bits per heavy atom. The maximum absolute atomic E-state index is 3.41. The van der Waals surface area contributed by atoms with Crippen molar-refractivity contribution in [3.05, 3.63) is 26.2 Å². The Balaban J connectivity index is 3.17. The van der Waals surface area contributed by atoms with Crippen LogP contribution in [0.15, 0.2) is 22.7 Å². The molecule has 3 radical (unpaired) electrons. The van der Waals surface area contributed by atoms with E-state index in [1.54, 1.807) is 0 Å². The van der Waals surface area contributed by atoms with E-state index < -0.39 is 0 Å². The third kappa shape index (κ3) is 2.05. The van der Waals surface area contributed by atoms with Gasteiger partial charge in [-0.15, -0.1) is 0 Å². The molecular weight excluding hydrogens is 307 g/mol. The lowest BCUT2D eigenvalue weighted by Gasteiger charge is -1.95. The fraction of sp³-hybridized carbons (Fsp3) is 0. The van der Waals surface area contributed by atoms with Crippen molar-refractivity contribution in [3.8, 4) is 0 Å². The van der Waals surface area contributed by atoms with E-state index in [0.29, 0.717) is 0 Å². The molecule has 45 valence electrons. The first-order chi connectivity index (χ1) is 4.20. The lowest BCUT2D eigenvalue weighted by molar-refractivity contribution is 1.63. The lowest BCUT2D eigenvalue weighted by atomic mass is 10.4. The largest absolute Gasteiger partial charge is 0.0712 e. The molecule has 0 fully saturated rings. The molecule has 0 aromatic heterocycles. The van der Waals surface area contributed by atoms with Crippen LogP contribution in [-0.4, -0.2) is 10.2 Å². The van der Waals surface area contributed by atoms with Crippen molar-refractivity contribution in [2.75, 3.05) is 0 Å². The molecule has 1 aromatic rings. The SMILES string of the molecule is [Si]c1ccc(I)c(Br)c1. The predicted molar refractivity (Wildman–Crippen MR) is 52.2 cm³/mol. The lowest BCUT2D eigenvalue weighted by Crippen LogP contribution is -2.00. The molecule has 0 bridgehead atoms. The average molecular weight is 310 g/mol. The summed E-state index contributed by atoms with van der Waals surface area (Å²) in [5, 5.41) is 1.10. The summed E-state index contributed by atoms with van der Waals surface area (Å²) in [6.45, 7) is 0. The molecule has 0 N–H and O–H groups in total. The molecular formula is C6H3BrISi. The Morgan fingerprint density at radius 3 is 2.56 bits per heavy atom. The van der Waals surface area contributed by atoms with Crippen LogP contribution in [0, 0.1) is 3.57 Å².